The molecule has 0 spiro atoms. The average Bonchev–Trinajstić information content (AvgIpc) is 3.18. The molecule has 1 saturated heterocycles. The van der Waals surface area contributed by atoms with Crippen LogP contribution >= 0.6 is 11.3 Å². The summed E-state index contributed by atoms with van der Waals surface area (Å²) in [7, 11) is 1.86. The summed E-state index contributed by atoms with van der Waals surface area (Å²) < 4.78 is 1.73. The highest BCUT2D eigenvalue weighted by atomic mass is 32.1. The Morgan fingerprint density at radius 1 is 1.36 bits per heavy atom. The lowest BCUT2D eigenvalue weighted by atomic mass is 9.92. The molecular formula is C17H23N5O2S. The largest absolute Gasteiger partial charge is 0.370 e. The van der Waals surface area contributed by atoms with Crippen LogP contribution in [0.1, 0.15) is 41.0 Å². The molecule has 0 aromatic carbocycles. The number of amides is 2. The van der Waals surface area contributed by atoms with E-state index in [0.717, 1.165) is 48.6 Å². The number of aromatic nitrogens is 3. The third-order valence-corrected chi connectivity index (χ3v) is 5.84. The fourth-order valence-electron chi connectivity index (χ4n) is 3.16. The van der Waals surface area contributed by atoms with E-state index in [-0.39, 0.29) is 11.8 Å². The maximum absolute atomic E-state index is 12.8. The van der Waals surface area contributed by atoms with Crippen LogP contribution in [0.3, 0.4) is 0 Å². The number of primary amides is 1. The van der Waals surface area contributed by atoms with Gasteiger partial charge in [0.15, 0.2) is 0 Å². The summed E-state index contributed by atoms with van der Waals surface area (Å²) in [4.78, 5) is 30.9. The molecule has 2 aromatic heterocycles. The zero-order valence-electron chi connectivity index (χ0n) is 14.6. The molecule has 0 radical (unpaired) electrons. The van der Waals surface area contributed by atoms with Gasteiger partial charge in [0, 0.05) is 38.3 Å². The maximum atomic E-state index is 12.8. The first-order valence-corrected chi connectivity index (χ1v) is 9.29. The third-order valence-electron chi connectivity index (χ3n) is 4.64. The second kappa shape index (κ2) is 7.35. The molecule has 0 bridgehead atoms. The van der Waals surface area contributed by atoms with Gasteiger partial charge in [-0.05, 0) is 32.1 Å². The number of rotatable bonds is 5. The number of aryl methyl sites for hydroxylation is 2. The minimum Gasteiger partial charge on any atom is -0.370 e. The van der Waals surface area contributed by atoms with E-state index in [1.165, 1.54) is 11.3 Å². The summed E-state index contributed by atoms with van der Waals surface area (Å²) in [6.07, 6.45) is 6.76. The van der Waals surface area contributed by atoms with Crippen molar-refractivity contribution in [1.29, 1.82) is 0 Å². The molecule has 7 nitrogen and oxygen atoms in total. The van der Waals surface area contributed by atoms with Crippen LogP contribution < -0.4 is 5.73 Å². The molecule has 1 aliphatic heterocycles. The van der Waals surface area contributed by atoms with E-state index < -0.39 is 0 Å². The number of carbonyl (C=O) groups is 2. The van der Waals surface area contributed by atoms with Crippen molar-refractivity contribution in [3.05, 3.63) is 23.0 Å². The Morgan fingerprint density at radius 3 is 2.68 bits per heavy atom. The molecule has 8 heteroatoms. The van der Waals surface area contributed by atoms with E-state index in [1.807, 2.05) is 25.1 Å². The Balaban J connectivity index is 1.64. The van der Waals surface area contributed by atoms with Crippen LogP contribution in [-0.2, 0) is 11.8 Å². The van der Waals surface area contributed by atoms with E-state index >= 15 is 0 Å². The molecule has 1 fully saturated rings. The first-order valence-electron chi connectivity index (χ1n) is 8.48. The van der Waals surface area contributed by atoms with Crippen molar-refractivity contribution in [3.8, 4) is 10.6 Å². The van der Waals surface area contributed by atoms with Crippen molar-refractivity contribution in [2.45, 2.75) is 32.6 Å². The lowest BCUT2D eigenvalue weighted by Gasteiger charge is -2.31. The molecular weight excluding hydrogens is 338 g/mol. The van der Waals surface area contributed by atoms with Crippen LogP contribution in [0.5, 0.6) is 0 Å². The van der Waals surface area contributed by atoms with Gasteiger partial charge in [-0.15, -0.1) is 11.3 Å². The zero-order valence-corrected chi connectivity index (χ0v) is 15.4. The molecule has 134 valence electrons. The number of nitrogens with zero attached hydrogens (tertiary/aromatic N) is 4. The van der Waals surface area contributed by atoms with Crippen molar-refractivity contribution in [1.82, 2.24) is 19.7 Å². The van der Waals surface area contributed by atoms with Gasteiger partial charge in [-0.2, -0.15) is 5.10 Å². The molecule has 0 aliphatic carbocycles. The van der Waals surface area contributed by atoms with Crippen LogP contribution in [0.25, 0.3) is 10.6 Å². The highest BCUT2D eigenvalue weighted by Crippen LogP contribution is 2.30. The van der Waals surface area contributed by atoms with Gasteiger partial charge in [-0.25, -0.2) is 4.98 Å². The van der Waals surface area contributed by atoms with Gasteiger partial charge in [0.2, 0.25) is 5.91 Å². The number of likely N-dealkylation sites (tertiary alicyclic amines) is 1. The van der Waals surface area contributed by atoms with Crippen molar-refractivity contribution in [3.63, 3.8) is 0 Å². The fourth-order valence-corrected chi connectivity index (χ4v) is 4.17. The Hall–Kier alpha value is -2.22. The highest BCUT2D eigenvalue weighted by molar-refractivity contribution is 7.17. The summed E-state index contributed by atoms with van der Waals surface area (Å²) in [5, 5.41) is 4.98. The molecule has 2 amide bonds. The monoisotopic (exact) mass is 361 g/mol. The molecule has 0 atom stereocenters. The van der Waals surface area contributed by atoms with Gasteiger partial charge in [0.25, 0.3) is 5.91 Å². The average molecular weight is 361 g/mol. The van der Waals surface area contributed by atoms with Crippen LogP contribution in [0.15, 0.2) is 12.4 Å². The molecule has 2 N–H and O–H groups in total. The SMILES string of the molecule is Cc1nc(-c2cnn(C)c2)sc1C(=O)N1CCC(CCC(N)=O)CC1. The van der Waals surface area contributed by atoms with Crippen LogP contribution in [0.2, 0.25) is 0 Å². The second-order valence-corrected chi connectivity index (χ2v) is 7.58. The number of hydrogen-bond donors (Lipinski definition) is 1. The Labute approximate surface area is 150 Å². The first kappa shape index (κ1) is 17.6. The van der Waals surface area contributed by atoms with Crippen LogP contribution in [0.4, 0.5) is 0 Å². The number of piperidine rings is 1. The predicted octanol–water partition coefficient (Wildman–Crippen LogP) is 1.97. The van der Waals surface area contributed by atoms with Gasteiger partial charge in [0.1, 0.15) is 9.88 Å². The first-order chi connectivity index (χ1) is 11.9. The summed E-state index contributed by atoms with van der Waals surface area (Å²) in [5.74, 6) is 0.283. The number of thiazole rings is 1. The van der Waals surface area contributed by atoms with Crippen molar-refractivity contribution in [2.24, 2.45) is 18.7 Å². The lowest BCUT2D eigenvalue weighted by molar-refractivity contribution is -0.118. The fraction of sp³-hybridized carbons (Fsp3) is 0.529. The molecule has 25 heavy (non-hydrogen) atoms. The highest BCUT2D eigenvalue weighted by Gasteiger charge is 2.26. The van der Waals surface area contributed by atoms with E-state index in [0.29, 0.717) is 17.2 Å². The minimum absolute atomic E-state index is 0.0542. The number of nitrogens with two attached hydrogens (primary N) is 1. The zero-order chi connectivity index (χ0) is 18.0. The normalized spacial score (nSPS) is 15.5. The van der Waals surface area contributed by atoms with Crippen LogP contribution in [-0.4, -0.2) is 44.6 Å². The van der Waals surface area contributed by atoms with E-state index in [4.69, 9.17) is 5.73 Å². The lowest BCUT2D eigenvalue weighted by Crippen LogP contribution is -2.38. The van der Waals surface area contributed by atoms with E-state index in [1.54, 1.807) is 10.9 Å². The van der Waals surface area contributed by atoms with E-state index in [9.17, 15) is 9.59 Å². The smallest absolute Gasteiger partial charge is 0.265 e. The molecule has 0 saturated carbocycles. The minimum atomic E-state index is -0.248. The quantitative estimate of drug-likeness (QED) is 0.881. The molecule has 3 rings (SSSR count). The van der Waals surface area contributed by atoms with Crippen molar-refractivity contribution in [2.75, 3.05) is 13.1 Å². The Bertz CT molecular complexity index is 774. The van der Waals surface area contributed by atoms with Gasteiger partial charge in [-0.3, -0.25) is 14.3 Å². The summed E-state index contributed by atoms with van der Waals surface area (Å²) in [6, 6.07) is 0. The Kier molecular flexibility index (Phi) is 5.17. The number of carbonyl (C=O) groups excluding carboxylic acids is 2. The topological polar surface area (TPSA) is 94.1 Å². The van der Waals surface area contributed by atoms with Gasteiger partial charge >= 0.3 is 0 Å². The van der Waals surface area contributed by atoms with Gasteiger partial charge in [0.05, 0.1) is 11.9 Å². The molecule has 3 heterocycles. The number of hydrogen-bond acceptors (Lipinski definition) is 5. The summed E-state index contributed by atoms with van der Waals surface area (Å²) in [5.41, 5.74) is 6.91. The molecule has 0 unspecified atom stereocenters. The standard InChI is InChI=1S/C17H23N5O2S/c1-11-15(25-16(20-11)13-9-19-21(2)10-13)17(24)22-7-5-12(6-8-22)3-4-14(18)23/h9-10,12H,3-8H2,1-2H3,(H2,18,23). The van der Waals surface area contributed by atoms with Gasteiger partial charge in [-0.1, -0.05) is 0 Å². The summed E-state index contributed by atoms with van der Waals surface area (Å²) >= 11 is 1.43. The molecule has 2 aromatic rings. The van der Waals surface area contributed by atoms with Crippen molar-refractivity contribution >= 4 is 23.2 Å². The Morgan fingerprint density at radius 2 is 2.08 bits per heavy atom. The van der Waals surface area contributed by atoms with Gasteiger partial charge < -0.3 is 10.6 Å². The third kappa shape index (κ3) is 4.07. The predicted molar refractivity (Wildman–Crippen MR) is 96.1 cm³/mol. The molecule has 1 aliphatic rings. The maximum Gasteiger partial charge on any atom is 0.265 e. The van der Waals surface area contributed by atoms with E-state index in [2.05, 4.69) is 10.1 Å². The second-order valence-electron chi connectivity index (χ2n) is 6.58. The summed E-state index contributed by atoms with van der Waals surface area (Å²) in [6.45, 7) is 3.33. The van der Waals surface area contributed by atoms with Crippen molar-refractivity contribution < 1.29 is 9.59 Å². The van der Waals surface area contributed by atoms with Crippen LogP contribution in [0, 0.1) is 12.8 Å².